The van der Waals surface area contributed by atoms with Crippen molar-refractivity contribution in [1.82, 2.24) is 4.98 Å². The molecule has 0 fully saturated rings. The lowest BCUT2D eigenvalue weighted by atomic mass is 10.0. The molecule has 1 aromatic heterocycles. The largest absolute Gasteiger partial charge is 0.399 e. The minimum absolute atomic E-state index is 0.0308. The molecular formula is C21H15ClIN3O2S. The number of nitrogens with two attached hydrogens (primary N) is 1. The molecule has 0 aliphatic heterocycles. The number of anilines is 2. The van der Waals surface area contributed by atoms with Crippen LogP contribution < -0.4 is 10.5 Å². The van der Waals surface area contributed by atoms with Crippen molar-refractivity contribution in [3.63, 3.8) is 0 Å². The Morgan fingerprint density at radius 3 is 2.59 bits per heavy atom. The Kier molecular flexibility index (Phi) is 5.37. The maximum Gasteiger partial charge on any atom is 0.263 e. The van der Waals surface area contributed by atoms with Gasteiger partial charge in [0.2, 0.25) is 0 Å². The van der Waals surface area contributed by atoms with Crippen molar-refractivity contribution < 1.29 is 8.42 Å². The second-order valence-corrected chi connectivity index (χ2v) is 9.59. The molecule has 0 aliphatic carbocycles. The van der Waals surface area contributed by atoms with Crippen molar-refractivity contribution in [3.05, 3.63) is 81.5 Å². The van der Waals surface area contributed by atoms with E-state index in [1.165, 1.54) is 18.2 Å². The molecule has 1 heterocycles. The van der Waals surface area contributed by atoms with Crippen LogP contribution in [-0.4, -0.2) is 13.4 Å². The van der Waals surface area contributed by atoms with Gasteiger partial charge in [0, 0.05) is 32.1 Å². The van der Waals surface area contributed by atoms with E-state index >= 15 is 0 Å². The van der Waals surface area contributed by atoms with E-state index in [0.29, 0.717) is 11.4 Å². The van der Waals surface area contributed by atoms with Crippen LogP contribution in [0.2, 0.25) is 5.02 Å². The zero-order chi connectivity index (χ0) is 20.6. The Bertz CT molecular complexity index is 1340. The predicted molar refractivity (Wildman–Crippen MR) is 127 cm³/mol. The second kappa shape index (κ2) is 7.81. The third-order valence-corrected chi connectivity index (χ3v) is 7.20. The molecule has 4 rings (SSSR count). The first-order valence-electron chi connectivity index (χ1n) is 8.57. The van der Waals surface area contributed by atoms with Crippen LogP contribution in [0.15, 0.2) is 77.8 Å². The number of hydrogen-bond acceptors (Lipinski definition) is 4. The summed E-state index contributed by atoms with van der Waals surface area (Å²) < 4.78 is 29.2. The van der Waals surface area contributed by atoms with Crippen molar-refractivity contribution >= 4 is 66.4 Å². The van der Waals surface area contributed by atoms with Crippen LogP contribution >= 0.6 is 34.2 Å². The minimum Gasteiger partial charge on any atom is -0.399 e. The van der Waals surface area contributed by atoms with Gasteiger partial charge in [-0.1, -0.05) is 35.9 Å². The maximum absolute atomic E-state index is 12.8. The molecule has 4 aromatic rings. The van der Waals surface area contributed by atoms with Crippen molar-refractivity contribution in [2.75, 3.05) is 10.5 Å². The van der Waals surface area contributed by atoms with Crippen LogP contribution in [0.25, 0.3) is 22.0 Å². The van der Waals surface area contributed by atoms with Gasteiger partial charge in [-0.25, -0.2) is 8.42 Å². The summed E-state index contributed by atoms with van der Waals surface area (Å²) in [5, 5.41) is 2.13. The number of aromatic nitrogens is 1. The SMILES string of the molecule is Nc1ccc(S(=O)(=O)Nc2ccc(I)c(-c3nccc4ccccc34)c2)c(Cl)c1. The van der Waals surface area contributed by atoms with Crippen molar-refractivity contribution in [2.45, 2.75) is 4.90 Å². The van der Waals surface area contributed by atoms with E-state index < -0.39 is 10.0 Å². The van der Waals surface area contributed by atoms with Crippen molar-refractivity contribution in [3.8, 4) is 11.3 Å². The molecular weight excluding hydrogens is 521 g/mol. The molecule has 3 N–H and O–H groups in total. The smallest absolute Gasteiger partial charge is 0.263 e. The summed E-state index contributed by atoms with van der Waals surface area (Å²) in [4.78, 5) is 4.51. The Hall–Kier alpha value is -2.36. The highest BCUT2D eigenvalue weighted by Gasteiger charge is 2.19. The number of halogens is 2. The van der Waals surface area contributed by atoms with Crippen LogP contribution in [0.3, 0.4) is 0 Å². The first-order chi connectivity index (χ1) is 13.8. The lowest BCUT2D eigenvalue weighted by molar-refractivity contribution is 0.601. The summed E-state index contributed by atoms with van der Waals surface area (Å²) in [5.74, 6) is 0. The summed E-state index contributed by atoms with van der Waals surface area (Å²) in [7, 11) is -3.88. The van der Waals surface area contributed by atoms with Crippen LogP contribution in [0.5, 0.6) is 0 Å². The molecule has 0 atom stereocenters. The first kappa shape index (κ1) is 19.9. The predicted octanol–water partition coefficient (Wildman–Crippen LogP) is 5.54. The fourth-order valence-electron chi connectivity index (χ4n) is 3.05. The van der Waals surface area contributed by atoms with Gasteiger partial charge in [-0.3, -0.25) is 9.71 Å². The zero-order valence-corrected chi connectivity index (χ0v) is 18.7. The molecule has 0 spiro atoms. The lowest BCUT2D eigenvalue weighted by Gasteiger charge is -2.13. The molecule has 29 heavy (non-hydrogen) atoms. The van der Waals surface area contributed by atoms with Crippen LogP contribution in [0.1, 0.15) is 0 Å². The minimum atomic E-state index is -3.88. The van der Waals surface area contributed by atoms with E-state index in [0.717, 1.165) is 25.6 Å². The van der Waals surface area contributed by atoms with Crippen molar-refractivity contribution in [2.24, 2.45) is 0 Å². The Morgan fingerprint density at radius 2 is 1.79 bits per heavy atom. The lowest BCUT2D eigenvalue weighted by Crippen LogP contribution is -2.13. The van der Waals surface area contributed by atoms with Gasteiger partial charge >= 0.3 is 0 Å². The van der Waals surface area contributed by atoms with E-state index in [4.69, 9.17) is 17.3 Å². The number of rotatable bonds is 4. The fraction of sp³-hybridized carbons (Fsp3) is 0. The number of hydrogen-bond donors (Lipinski definition) is 2. The van der Waals surface area contributed by atoms with E-state index in [9.17, 15) is 8.42 Å². The molecule has 8 heteroatoms. The van der Waals surface area contributed by atoms with Gasteiger partial charge in [0.1, 0.15) is 4.90 Å². The van der Waals surface area contributed by atoms with Gasteiger partial charge in [-0.2, -0.15) is 0 Å². The third kappa shape index (κ3) is 4.03. The summed E-state index contributed by atoms with van der Waals surface area (Å²) in [6, 6.07) is 19.5. The third-order valence-electron chi connectivity index (χ3n) is 4.39. The summed E-state index contributed by atoms with van der Waals surface area (Å²) in [6.07, 6.45) is 1.75. The Morgan fingerprint density at radius 1 is 1.00 bits per heavy atom. The summed E-state index contributed by atoms with van der Waals surface area (Å²) in [5.41, 5.74) is 8.11. The van der Waals surface area contributed by atoms with Crippen LogP contribution in [0.4, 0.5) is 11.4 Å². The van der Waals surface area contributed by atoms with Gasteiger partial charge < -0.3 is 5.73 Å². The summed E-state index contributed by atoms with van der Waals surface area (Å²) >= 11 is 8.31. The zero-order valence-electron chi connectivity index (χ0n) is 14.9. The van der Waals surface area contributed by atoms with Gasteiger partial charge in [0.05, 0.1) is 10.7 Å². The number of nitrogen functional groups attached to an aromatic ring is 1. The molecule has 0 amide bonds. The highest BCUT2D eigenvalue weighted by atomic mass is 127. The van der Waals surface area contributed by atoms with E-state index in [1.807, 2.05) is 36.4 Å². The molecule has 146 valence electrons. The van der Waals surface area contributed by atoms with Crippen molar-refractivity contribution in [1.29, 1.82) is 0 Å². The summed E-state index contributed by atoms with van der Waals surface area (Å²) in [6.45, 7) is 0. The van der Waals surface area contributed by atoms with Gasteiger partial charge in [0.25, 0.3) is 10.0 Å². The van der Waals surface area contributed by atoms with Crippen LogP contribution in [-0.2, 0) is 10.0 Å². The number of nitrogens with zero attached hydrogens (tertiary/aromatic N) is 1. The number of pyridine rings is 1. The highest BCUT2D eigenvalue weighted by Crippen LogP contribution is 2.33. The Balaban J connectivity index is 1.78. The molecule has 5 nitrogen and oxygen atoms in total. The number of benzene rings is 3. The molecule has 0 unspecified atom stereocenters. The highest BCUT2D eigenvalue weighted by molar-refractivity contribution is 14.1. The maximum atomic E-state index is 12.8. The monoisotopic (exact) mass is 535 g/mol. The number of fused-ring (bicyclic) bond motifs is 1. The quantitative estimate of drug-likeness (QED) is 0.265. The second-order valence-electron chi connectivity index (χ2n) is 6.37. The van der Waals surface area contributed by atoms with Gasteiger partial charge in [0.15, 0.2) is 0 Å². The Labute approximate surface area is 187 Å². The average molecular weight is 536 g/mol. The van der Waals surface area contributed by atoms with E-state index in [1.54, 1.807) is 18.3 Å². The van der Waals surface area contributed by atoms with Gasteiger partial charge in [-0.15, -0.1) is 0 Å². The standard InChI is InChI=1S/C21H15ClIN3O2S/c22-18-11-14(24)5-8-20(18)29(27,28)26-15-6-7-19(23)17(12-15)21-16-4-2-1-3-13(16)9-10-25-21/h1-12,26H,24H2. The molecule has 0 saturated carbocycles. The average Bonchev–Trinajstić information content (AvgIpc) is 2.68. The topological polar surface area (TPSA) is 85.1 Å². The number of sulfonamides is 1. The molecule has 0 aliphatic rings. The first-order valence-corrected chi connectivity index (χ1v) is 11.5. The fourth-order valence-corrected chi connectivity index (χ4v) is 5.24. The van der Waals surface area contributed by atoms with Crippen LogP contribution in [0, 0.1) is 3.57 Å². The van der Waals surface area contributed by atoms with E-state index in [2.05, 4.69) is 32.3 Å². The molecule has 0 radical (unpaired) electrons. The molecule has 0 saturated heterocycles. The molecule has 0 bridgehead atoms. The molecule has 3 aromatic carbocycles. The van der Waals surface area contributed by atoms with Gasteiger partial charge in [-0.05, 0) is 70.4 Å². The van der Waals surface area contributed by atoms with E-state index in [-0.39, 0.29) is 9.92 Å². The number of nitrogens with one attached hydrogen (secondary N) is 1. The normalized spacial score (nSPS) is 11.5.